The van der Waals surface area contributed by atoms with Crippen LogP contribution in [0.15, 0.2) is 57.2 Å². The predicted molar refractivity (Wildman–Crippen MR) is 89.6 cm³/mol. The zero-order valence-electron chi connectivity index (χ0n) is 12.7. The predicted octanol–water partition coefficient (Wildman–Crippen LogP) is 3.14. The van der Waals surface area contributed by atoms with E-state index in [9.17, 15) is 18.3 Å². The first-order valence-corrected chi connectivity index (χ1v) is 9.25. The van der Waals surface area contributed by atoms with Gasteiger partial charge in [-0.2, -0.15) is 0 Å². The van der Waals surface area contributed by atoms with Crippen molar-refractivity contribution < 1.29 is 18.3 Å². The van der Waals surface area contributed by atoms with E-state index >= 15 is 0 Å². The van der Waals surface area contributed by atoms with Gasteiger partial charge in [0.05, 0.1) is 10.5 Å². The first-order chi connectivity index (χ1) is 10.8. The second-order valence-corrected chi connectivity index (χ2v) is 7.67. The number of aryl methyl sites for hydroxylation is 1. The minimum absolute atomic E-state index is 0.144. The highest BCUT2D eigenvalue weighted by Crippen LogP contribution is 2.35. The van der Waals surface area contributed by atoms with E-state index in [1.54, 1.807) is 43.3 Å². The molecule has 0 atom stereocenters. The van der Waals surface area contributed by atoms with Crippen LogP contribution in [0.4, 0.5) is 0 Å². The van der Waals surface area contributed by atoms with Gasteiger partial charge < -0.3 is 5.11 Å². The smallest absolute Gasteiger partial charge is 0.336 e. The fourth-order valence-electron chi connectivity index (χ4n) is 2.04. The summed E-state index contributed by atoms with van der Waals surface area (Å²) in [6.45, 7) is 3.85. The summed E-state index contributed by atoms with van der Waals surface area (Å²) in [6, 6.07) is 11.5. The van der Waals surface area contributed by atoms with E-state index in [1.807, 2.05) is 6.92 Å². The zero-order chi connectivity index (χ0) is 17.0. The first-order valence-electron chi connectivity index (χ1n) is 6.95. The minimum Gasteiger partial charge on any atom is -0.478 e. The molecule has 5 nitrogen and oxygen atoms in total. The Bertz CT molecular complexity index is 832. The first kappa shape index (κ1) is 17.5. The molecule has 0 saturated heterocycles. The van der Waals surface area contributed by atoms with Crippen LogP contribution in [0, 0.1) is 6.92 Å². The largest absolute Gasteiger partial charge is 0.478 e. The van der Waals surface area contributed by atoms with Crippen molar-refractivity contribution in [3.63, 3.8) is 0 Å². The summed E-state index contributed by atoms with van der Waals surface area (Å²) < 4.78 is 27.1. The van der Waals surface area contributed by atoms with E-state index in [2.05, 4.69) is 4.72 Å². The number of hydrogen-bond acceptors (Lipinski definition) is 4. The van der Waals surface area contributed by atoms with Gasteiger partial charge in [-0.05, 0) is 36.8 Å². The van der Waals surface area contributed by atoms with Gasteiger partial charge in [-0.25, -0.2) is 17.9 Å². The lowest BCUT2D eigenvalue weighted by Crippen LogP contribution is -2.23. The molecule has 2 rings (SSSR count). The van der Waals surface area contributed by atoms with Gasteiger partial charge in [0.1, 0.15) is 0 Å². The van der Waals surface area contributed by atoms with Crippen LogP contribution in [0.3, 0.4) is 0 Å². The van der Waals surface area contributed by atoms with Crippen molar-refractivity contribution in [3.05, 3.63) is 53.6 Å². The van der Waals surface area contributed by atoms with Crippen molar-refractivity contribution in [1.82, 2.24) is 4.72 Å². The summed E-state index contributed by atoms with van der Waals surface area (Å²) in [6.07, 6.45) is 0. The van der Waals surface area contributed by atoms with Crippen LogP contribution in [0.5, 0.6) is 0 Å². The molecule has 0 heterocycles. The number of benzene rings is 2. The molecule has 0 bridgehead atoms. The lowest BCUT2D eigenvalue weighted by atomic mass is 10.2. The highest BCUT2D eigenvalue weighted by Gasteiger charge is 2.20. The molecule has 0 aliphatic carbocycles. The van der Waals surface area contributed by atoms with Crippen molar-refractivity contribution in [3.8, 4) is 0 Å². The van der Waals surface area contributed by atoms with Crippen molar-refractivity contribution in [2.24, 2.45) is 0 Å². The molecule has 0 unspecified atom stereocenters. The van der Waals surface area contributed by atoms with Crippen LogP contribution >= 0.6 is 11.8 Å². The maximum Gasteiger partial charge on any atom is 0.336 e. The van der Waals surface area contributed by atoms with Gasteiger partial charge in [-0.3, -0.25) is 0 Å². The Hall–Kier alpha value is -1.83. The molecule has 0 aromatic heterocycles. The Labute approximate surface area is 139 Å². The molecule has 2 N–H and O–H groups in total. The molecule has 0 radical (unpaired) electrons. The van der Waals surface area contributed by atoms with E-state index in [1.165, 1.54) is 6.07 Å². The summed E-state index contributed by atoms with van der Waals surface area (Å²) in [5.74, 6) is -1.04. The Balaban J connectivity index is 2.53. The molecule has 0 aliphatic rings. The summed E-state index contributed by atoms with van der Waals surface area (Å²) in [7, 11) is -3.63. The molecule has 23 heavy (non-hydrogen) atoms. The lowest BCUT2D eigenvalue weighted by Gasteiger charge is -2.12. The van der Waals surface area contributed by atoms with E-state index in [-0.39, 0.29) is 17.0 Å². The van der Waals surface area contributed by atoms with E-state index in [0.29, 0.717) is 9.79 Å². The van der Waals surface area contributed by atoms with Crippen LogP contribution in [-0.2, 0) is 10.0 Å². The topological polar surface area (TPSA) is 83.5 Å². The van der Waals surface area contributed by atoms with Crippen molar-refractivity contribution in [2.75, 3.05) is 6.54 Å². The molecule has 122 valence electrons. The number of rotatable bonds is 6. The van der Waals surface area contributed by atoms with Crippen LogP contribution < -0.4 is 4.72 Å². The monoisotopic (exact) mass is 351 g/mol. The van der Waals surface area contributed by atoms with E-state index in [0.717, 1.165) is 17.3 Å². The minimum atomic E-state index is -3.63. The number of carboxylic acid groups (broad SMARTS) is 1. The number of hydrogen-bond donors (Lipinski definition) is 2. The van der Waals surface area contributed by atoms with Gasteiger partial charge in [-0.1, -0.05) is 36.9 Å². The van der Waals surface area contributed by atoms with E-state index in [4.69, 9.17) is 0 Å². The average Bonchev–Trinajstić information content (AvgIpc) is 2.47. The Morgan fingerprint density at radius 1 is 1.17 bits per heavy atom. The maximum absolute atomic E-state index is 12.3. The number of carboxylic acids is 1. The van der Waals surface area contributed by atoms with Gasteiger partial charge >= 0.3 is 5.97 Å². The highest BCUT2D eigenvalue weighted by molar-refractivity contribution is 8.00. The molecule has 0 spiro atoms. The SMILES string of the molecule is CCNS(=O)(=O)c1ccc(C)cc1Sc1ccccc1C(=O)O. The average molecular weight is 351 g/mol. The molecule has 7 heteroatoms. The normalized spacial score (nSPS) is 11.4. The fourth-order valence-corrected chi connectivity index (χ4v) is 4.66. The third-order valence-corrected chi connectivity index (χ3v) is 5.93. The lowest BCUT2D eigenvalue weighted by molar-refractivity contribution is 0.0693. The summed E-state index contributed by atoms with van der Waals surface area (Å²) >= 11 is 1.14. The zero-order valence-corrected chi connectivity index (χ0v) is 14.4. The summed E-state index contributed by atoms with van der Waals surface area (Å²) in [5.41, 5.74) is 1.04. The highest BCUT2D eigenvalue weighted by atomic mass is 32.2. The quantitative estimate of drug-likeness (QED) is 0.835. The van der Waals surface area contributed by atoms with Crippen LogP contribution in [-0.4, -0.2) is 26.0 Å². The molecule has 0 amide bonds. The Morgan fingerprint density at radius 3 is 2.52 bits per heavy atom. The Morgan fingerprint density at radius 2 is 1.87 bits per heavy atom. The summed E-state index contributed by atoms with van der Waals surface area (Å²) in [4.78, 5) is 12.5. The van der Waals surface area contributed by atoms with Crippen LogP contribution in [0.1, 0.15) is 22.8 Å². The van der Waals surface area contributed by atoms with Gasteiger partial charge in [0.15, 0.2) is 0 Å². The number of nitrogens with one attached hydrogen (secondary N) is 1. The standard InChI is InChI=1S/C16H17NO4S2/c1-3-17-23(20,21)15-9-8-11(2)10-14(15)22-13-7-5-4-6-12(13)16(18)19/h4-10,17H,3H2,1-2H3,(H,18,19). The summed E-state index contributed by atoms with van der Waals surface area (Å²) in [5, 5.41) is 9.27. The number of carbonyl (C=O) groups is 1. The molecular formula is C16H17NO4S2. The third-order valence-electron chi connectivity index (χ3n) is 3.06. The van der Waals surface area contributed by atoms with E-state index < -0.39 is 16.0 Å². The van der Waals surface area contributed by atoms with Crippen LogP contribution in [0.2, 0.25) is 0 Å². The maximum atomic E-state index is 12.3. The second kappa shape index (κ2) is 7.16. The molecule has 2 aromatic rings. The second-order valence-electron chi connectivity index (χ2n) is 4.85. The molecule has 0 saturated carbocycles. The van der Waals surface area contributed by atoms with Gasteiger partial charge in [-0.15, -0.1) is 0 Å². The number of aromatic carboxylic acids is 1. The van der Waals surface area contributed by atoms with Crippen molar-refractivity contribution in [2.45, 2.75) is 28.5 Å². The third kappa shape index (κ3) is 4.13. The van der Waals surface area contributed by atoms with Crippen molar-refractivity contribution in [1.29, 1.82) is 0 Å². The van der Waals surface area contributed by atoms with Crippen LogP contribution in [0.25, 0.3) is 0 Å². The van der Waals surface area contributed by atoms with Crippen molar-refractivity contribution >= 4 is 27.8 Å². The number of sulfonamides is 1. The fraction of sp³-hybridized carbons (Fsp3) is 0.188. The van der Waals surface area contributed by atoms with Gasteiger partial charge in [0.2, 0.25) is 10.0 Å². The molecular weight excluding hydrogens is 334 g/mol. The Kier molecular flexibility index (Phi) is 5.46. The van der Waals surface area contributed by atoms with Gasteiger partial charge in [0.25, 0.3) is 0 Å². The molecule has 2 aromatic carbocycles. The van der Waals surface area contributed by atoms with Gasteiger partial charge in [0, 0.05) is 16.3 Å². The molecule has 0 aliphatic heterocycles. The molecule has 0 fully saturated rings.